The van der Waals surface area contributed by atoms with Crippen LogP contribution in [0, 0.1) is 0 Å². The summed E-state index contributed by atoms with van der Waals surface area (Å²) in [4.78, 5) is 17.4. The summed E-state index contributed by atoms with van der Waals surface area (Å²) in [5.41, 5.74) is 8.33. The third-order valence-corrected chi connectivity index (χ3v) is 8.48. The molecule has 6 rings (SSSR count). The van der Waals surface area contributed by atoms with Crippen LogP contribution in [0.1, 0.15) is 27.0 Å². The molecule has 0 saturated carbocycles. The van der Waals surface area contributed by atoms with E-state index in [1.165, 1.54) is 11.3 Å². The van der Waals surface area contributed by atoms with Gasteiger partial charge in [-0.05, 0) is 83.4 Å². The van der Waals surface area contributed by atoms with Gasteiger partial charge in [0, 0.05) is 27.2 Å². The molecular formula is C39H33ClN4O5S. The van der Waals surface area contributed by atoms with Gasteiger partial charge in [0.2, 0.25) is 0 Å². The van der Waals surface area contributed by atoms with Gasteiger partial charge in [-0.2, -0.15) is 5.10 Å². The second-order valence-electron chi connectivity index (χ2n) is 10.9. The summed E-state index contributed by atoms with van der Waals surface area (Å²) in [7, 11) is 3.18. The normalized spacial score (nSPS) is 10.9. The number of nitrogens with one attached hydrogen (secondary N) is 2. The molecular weight excluding hydrogens is 672 g/mol. The minimum atomic E-state index is -0.338. The molecule has 50 heavy (non-hydrogen) atoms. The summed E-state index contributed by atoms with van der Waals surface area (Å²) < 4.78 is 23.1. The monoisotopic (exact) mass is 704 g/mol. The van der Waals surface area contributed by atoms with Gasteiger partial charge in [-0.1, -0.05) is 60.1 Å². The van der Waals surface area contributed by atoms with Gasteiger partial charge >= 0.3 is 0 Å². The first kappa shape index (κ1) is 34.0. The Balaban J connectivity index is 1.01. The van der Waals surface area contributed by atoms with E-state index in [1.807, 2.05) is 96.4 Å². The molecule has 0 unspecified atom stereocenters. The van der Waals surface area contributed by atoms with Crippen LogP contribution in [-0.4, -0.2) is 31.3 Å². The molecule has 0 aliphatic carbocycles. The maximum atomic E-state index is 12.8. The van der Waals surface area contributed by atoms with E-state index in [9.17, 15) is 4.79 Å². The van der Waals surface area contributed by atoms with Gasteiger partial charge in [-0.25, -0.2) is 10.4 Å². The lowest BCUT2D eigenvalue weighted by atomic mass is 10.1. The summed E-state index contributed by atoms with van der Waals surface area (Å²) in [5.74, 6) is 2.02. The molecule has 252 valence electrons. The Morgan fingerprint density at radius 2 is 1.46 bits per heavy atom. The van der Waals surface area contributed by atoms with E-state index >= 15 is 0 Å². The number of carbonyl (C=O) groups is 1. The lowest BCUT2D eigenvalue weighted by Gasteiger charge is -2.14. The molecule has 0 fully saturated rings. The summed E-state index contributed by atoms with van der Waals surface area (Å²) in [6.07, 6.45) is 1.54. The molecule has 1 heterocycles. The van der Waals surface area contributed by atoms with Crippen molar-refractivity contribution in [3.63, 3.8) is 0 Å². The quantitative estimate of drug-likeness (QED) is 0.0861. The molecule has 2 N–H and O–H groups in total. The Labute approximate surface area is 299 Å². The largest absolute Gasteiger partial charge is 0.493 e. The Morgan fingerprint density at radius 1 is 0.780 bits per heavy atom. The summed E-state index contributed by atoms with van der Waals surface area (Å²) >= 11 is 7.46. The first-order valence-electron chi connectivity index (χ1n) is 15.5. The predicted molar refractivity (Wildman–Crippen MR) is 198 cm³/mol. The number of ether oxygens (including phenoxy) is 4. The van der Waals surface area contributed by atoms with Gasteiger partial charge in [-0.3, -0.25) is 4.79 Å². The first-order valence-corrected chi connectivity index (χ1v) is 16.8. The molecule has 6 aromatic rings. The summed E-state index contributed by atoms with van der Waals surface area (Å²) in [5, 5.41) is 10.8. The fourth-order valence-electron chi connectivity index (χ4n) is 4.84. The minimum Gasteiger partial charge on any atom is -0.493 e. The Bertz CT molecular complexity index is 2070. The van der Waals surface area contributed by atoms with E-state index in [0.29, 0.717) is 40.2 Å². The molecule has 1 aromatic heterocycles. The molecule has 11 heteroatoms. The van der Waals surface area contributed by atoms with Crippen LogP contribution in [0.3, 0.4) is 0 Å². The summed E-state index contributed by atoms with van der Waals surface area (Å²) in [6, 6.07) is 35.7. The van der Waals surface area contributed by atoms with Gasteiger partial charge in [0.1, 0.15) is 13.2 Å². The molecule has 0 atom stereocenters. The lowest BCUT2D eigenvalue weighted by Crippen LogP contribution is -2.17. The first-order chi connectivity index (χ1) is 24.5. The minimum absolute atomic E-state index is 0.290. The zero-order valence-corrected chi connectivity index (χ0v) is 28.8. The molecule has 0 saturated heterocycles. The molecule has 0 aliphatic rings. The maximum Gasteiger partial charge on any atom is 0.271 e. The van der Waals surface area contributed by atoms with Crippen molar-refractivity contribution in [3.05, 3.63) is 148 Å². The Hall–Kier alpha value is -5.84. The second kappa shape index (κ2) is 16.5. The standard InChI is InChI=1S/C39H33ClN4O5S/c1-46-36-20-27(8-18-34(36)49-24-28-9-19-35(37(21-28)47-2)48-23-26-6-4-3-5-7-26)22-41-44-38(45)30-12-10-29(11-13-30)33-25-50-39(43-33)42-32-16-14-31(40)15-17-32/h3-22,25H,23-24H2,1-2H3,(H,42,43)(H,44,45)/b41-22-. The third kappa shape index (κ3) is 8.98. The number of hydrogen-bond donors (Lipinski definition) is 2. The zero-order valence-electron chi connectivity index (χ0n) is 27.3. The Kier molecular flexibility index (Phi) is 11.2. The highest BCUT2D eigenvalue weighted by Crippen LogP contribution is 2.32. The number of nitrogens with zero attached hydrogens (tertiary/aromatic N) is 2. The van der Waals surface area contributed by atoms with E-state index in [-0.39, 0.29) is 12.5 Å². The lowest BCUT2D eigenvalue weighted by molar-refractivity contribution is 0.0955. The molecule has 5 aromatic carbocycles. The van der Waals surface area contributed by atoms with Crippen molar-refractivity contribution in [2.24, 2.45) is 5.10 Å². The number of amides is 1. The number of aromatic nitrogens is 1. The number of anilines is 2. The van der Waals surface area contributed by atoms with E-state index in [4.69, 9.17) is 30.5 Å². The molecule has 0 spiro atoms. The van der Waals surface area contributed by atoms with Crippen LogP contribution in [0.15, 0.2) is 126 Å². The zero-order chi connectivity index (χ0) is 34.7. The maximum absolute atomic E-state index is 12.8. The van der Waals surface area contributed by atoms with E-state index in [2.05, 4.69) is 20.8 Å². The van der Waals surface area contributed by atoms with Crippen molar-refractivity contribution in [2.75, 3.05) is 19.5 Å². The van der Waals surface area contributed by atoms with Gasteiger partial charge in [0.25, 0.3) is 5.91 Å². The molecule has 0 aliphatic heterocycles. The highest BCUT2D eigenvalue weighted by Gasteiger charge is 2.11. The van der Waals surface area contributed by atoms with Gasteiger partial charge in [-0.15, -0.1) is 11.3 Å². The molecule has 1 amide bonds. The summed E-state index contributed by atoms with van der Waals surface area (Å²) in [6.45, 7) is 0.731. The van der Waals surface area contributed by atoms with Crippen LogP contribution in [0.2, 0.25) is 5.02 Å². The number of rotatable bonds is 14. The van der Waals surface area contributed by atoms with Gasteiger partial charge in [0.15, 0.2) is 28.1 Å². The Morgan fingerprint density at radius 3 is 2.18 bits per heavy atom. The molecule has 0 radical (unpaired) electrons. The number of carbonyl (C=O) groups excluding carboxylic acids is 1. The van der Waals surface area contributed by atoms with Crippen molar-refractivity contribution in [3.8, 4) is 34.3 Å². The third-order valence-electron chi connectivity index (χ3n) is 7.47. The van der Waals surface area contributed by atoms with Crippen molar-refractivity contribution < 1.29 is 23.7 Å². The van der Waals surface area contributed by atoms with Crippen molar-refractivity contribution >= 4 is 45.9 Å². The highest BCUT2D eigenvalue weighted by atomic mass is 35.5. The molecule has 0 bridgehead atoms. The number of methoxy groups -OCH3 is 2. The predicted octanol–water partition coefficient (Wildman–Crippen LogP) is 9.15. The van der Waals surface area contributed by atoms with Crippen molar-refractivity contribution in [2.45, 2.75) is 13.2 Å². The van der Waals surface area contributed by atoms with Crippen molar-refractivity contribution in [1.29, 1.82) is 0 Å². The number of hydrazone groups is 1. The van der Waals surface area contributed by atoms with Crippen molar-refractivity contribution in [1.82, 2.24) is 10.4 Å². The van der Waals surface area contributed by atoms with Gasteiger partial charge < -0.3 is 24.3 Å². The van der Waals surface area contributed by atoms with Crippen LogP contribution in [0.5, 0.6) is 23.0 Å². The highest BCUT2D eigenvalue weighted by molar-refractivity contribution is 7.14. The fourth-order valence-corrected chi connectivity index (χ4v) is 5.71. The van der Waals surface area contributed by atoms with E-state index < -0.39 is 0 Å². The van der Waals surface area contributed by atoms with Crippen LogP contribution in [-0.2, 0) is 13.2 Å². The number of hydrogen-bond acceptors (Lipinski definition) is 9. The smallest absolute Gasteiger partial charge is 0.271 e. The number of halogens is 1. The average molecular weight is 705 g/mol. The number of benzene rings is 5. The van der Waals surface area contributed by atoms with Gasteiger partial charge in [0.05, 0.1) is 26.1 Å². The van der Waals surface area contributed by atoms with Crippen LogP contribution in [0.4, 0.5) is 10.8 Å². The fraction of sp³-hybridized carbons (Fsp3) is 0.103. The second-order valence-corrected chi connectivity index (χ2v) is 12.2. The van der Waals surface area contributed by atoms with Crippen LogP contribution < -0.4 is 29.7 Å². The SMILES string of the molecule is COc1cc(/C=N\NC(=O)c2ccc(-c3csc(Nc4ccc(Cl)cc4)n3)cc2)ccc1OCc1ccc(OCc2ccccc2)c(OC)c1. The van der Waals surface area contributed by atoms with E-state index in [0.717, 1.165) is 38.8 Å². The van der Waals surface area contributed by atoms with Crippen LogP contribution >= 0.6 is 22.9 Å². The van der Waals surface area contributed by atoms with E-state index in [1.54, 1.807) is 44.7 Å². The van der Waals surface area contributed by atoms with Crippen LogP contribution in [0.25, 0.3) is 11.3 Å². The molecule has 9 nitrogen and oxygen atoms in total. The topological polar surface area (TPSA) is 103 Å². The average Bonchev–Trinajstić information content (AvgIpc) is 3.63. The number of thiazole rings is 1.